The largest absolute Gasteiger partial charge is 0.370 e. The van der Waals surface area contributed by atoms with Gasteiger partial charge in [-0.15, -0.1) is 0 Å². The van der Waals surface area contributed by atoms with Gasteiger partial charge in [0.05, 0.1) is 0 Å². The molecule has 1 unspecified atom stereocenters. The number of hydrogen-bond donors (Lipinski definition) is 2. The molecule has 1 aliphatic rings. The SMILES string of the molecule is CN=C(N)NC1CCSC1. The van der Waals surface area contributed by atoms with Crippen LogP contribution in [0.1, 0.15) is 6.42 Å². The number of nitrogens with one attached hydrogen (secondary N) is 1. The standard InChI is InChI=1S/C6H13N3S/c1-8-6(7)9-5-2-3-10-4-5/h5H,2-4H2,1H3,(H3,7,8,9). The highest BCUT2D eigenvalue weighted by Crippen LogP contribution is 2.16. The molecule has 3 nitrogen and oxygen atoms in total. The summed E-state index contributed by atoms with van der Waals surface area (Å²) in [7, 11) is 1.70. The van der Waals surface area contributed by atoms with E-state index in [0.29, 0.717) is 12.0 Å². The van der Waals surface area contributed by atoms with Crippen molar-refractivity contribution in [1.29, 1.82) is 0 Å². The predicted octanol–water partition coefficient (Wildman–Crippen LogP) is 0.0260. The zero-order chi connectivity index (χ0) is 7.40. The summed E-state index contributed by atoms with van der Waals surface area (Å²) in [5.74, 6) is 2.97. The molecule has 0 aromatic carbocycles. The first-order valence-electron chi connectivity index (χ1n) is 3.39. The van der Waals surface area contributed by atoms with Gasteiger partial charge in [0, 0.05) is 18.8 Å². The maximum absolute atomic E-state index is 5.48. The number of hydrogen-bond acceptors (Lipinski definition) is 2. The van der Waals surface area contributed by atoms with Crippen molar-refractivity contribution < 1.29 is 0 Å². The van der Waals surface area contributed by atoms with E-state index < -0.39 is 0 Å². The number of rotatable bonds is 1. The average molecular weight is 159 g/mol. The van der Waals surface area contributed by atoms with Gasteiger partial charge in [0.25, 0.3) is 0 Å². The lowest BCUT2D eigenvalue weighted by Crippen LogP contribution is -2.39. The number of aliphatic imine (C=N–C) groups is 1. The van der Waals surface area contributed by atoms with Crippen molar-refractivity contribution in [2.24, 2.45) is 10.7 Å². The van der Waals surface area contributed by atoms with E-state index in [0.717, 1.165) is 5.75 Å². The smallest absolute Gasteiger partial charge is 0.188 e. The number of guanidine groups is 1. The Balaban J connectivity index is 2.24. The lowest BCUT2D eigenvalue weighted by Gasteiger charge is -2.10. The van der Waals surface area contributed by atoms with Gasteiger partial charge in [-0.1, -0.05) is 0 Å². The molecule has 1 fully saturated rings. The minimum atomic E-state index is 0.550. The van der Waals surface area contributed by atoms with Crippen molar-refractivity contribution in [3.8, 4) is 0 Å². The van der Waals surface area contributed by atoms with Crippen LogP contribution in [0.5, 0.6) is 0 Å². The minimum absolute atomic E-state index is 0.550. The van der Waals surface area contributed by atoms with E-state index in [2.05, 4.69) is 10.3 Å². The first-order chi connectivity index (χ1) is 4.83. The molecule has 0 aromatic heterocycles. The van der Waals surface area contributed by atoms with Crippen molar-refractivity contribution in [2.75, 3.05) is 18.6 Å². The fraction of sp³-hybridized carbons (Fsp3) is 0.833. The van der Waals surface area contributed by atoms with Gasteiger partial charge in [-0.2, -0.15) is 11.8 Å². The molecule has 0 aromatic rings. The molecule has 1 aliphatic heterocycles. The highest BCUT2D eigenvalue weighted by molar-refractivity contribution is 7.99. The maximum atomic E-state index is 5.48. The third-order valence-corrected chi connectivity index (χ3v) is 2.69. The predicted molar refractivity (Wildman–Crippen MR) is 46.4 cm³/mol. The van der Waals surface area contributed by atoms with E-state index in [1.165, 1.54) is 12.2 Å². The lowest BCUT2D eigenvalue weighted by atomic mass is 10.3. The molecule has 58 valence electrons. The molecule has 0 saturated carbocycles. The molecule has 0 bridgehead atoms. The summed E-state index contributed by atoms with van der Waals surface area (Å²) in [4.78, 5) is 3.83. The third-order valence-electron chi connectivity index (χ3n) is 1.52. The fourth-order valence-electron chi connectivity index (χ4n) is 0.922. The highest BCUT2D eigenvalue weighted by atomic mass is 32.2. The first-order valence-corrected chi connectivity index (χ1v) is 4.55. The summed E-state index contributed by atoms with van der Waals surface area (Å²) in [5.41, 5.74) is 5.48. The number of nitrogens with two attached hydrogens (primary N) is 1. The zero-order valence-electron chi connectivity index (χ0n) is 6.13. The van der Waals surface area contributed by atoms with Crippen LogP contribution in [0, 0.1) is 0 Å². The summed E-state index contributed by atoms with van der Waals surface area (Å²) in [6.45, 7) is 0. The van der Waals surface area contributed by atoms with Gasteiger partial charge in [0.15, 0.2) is 5.96 Å². The van der Waals surface area contributed by atoms with Crippen LogP contribution in [-0.2, 0) is 0 Å². The molecule has 1 rings (SSSR count). The molecule has 4 heteroatoms. The molecule has 1 atom stereocenters. The van der Waals surface area contributed by atoms with Crippen LogP contribution in [0.3, 0.4) is 0 Å². The van der Waals surface area contributed by atoms with E-state index in [4.69, 9.17) is 5.73 Å². The topological polar surface area (TPSA) is 50.4 Å². The van der Waals surface area contributed by atoms with Crippen molar-refractivity contribution in [3.05, 3.63) is 0 Å². The van der Waals surface area contributed by atoms with Crippen LogP contribution < -0.4 is 11.1 Å². The summed E-state index contributed by atoms with van der Waals surface area (Å²) >= 11 is 1.96. The second-order valence-corrected chi connectivity index (χ2v) is 3.46. The Morgan fingerprint density at radius 3 is 3.10 bits per heavy atom. The zero-order valence-corrected chi connectivity index (χ0v) is 6.95. The van der Waals surface area contributed by atoms with Crippen LogP contribution in [0.25, 0.3) is 0 Å². The fourth-order valence-corrected chi connectivity index (χ4v) is 2.07. The summed E-state index contributed by atoms with van der Waals surface area (Å²) < 4.78 is 0. The summed E-state index contributed by atoms with van der Waals surface area (Å²) in [6.07, 6.45) is 1.21. The van der Waals surface area contributed by atoms with E-state index >= 15 is 0 Å². The van der Waals surface area contributed by atoms with Gasteiger partial charge < -0.3 is 11.1 Å². The van der Waals surface area contributed by atoms with Crippen LogP contribution >= 0.6 is 11.8 Å². The molecule has 1 saturated heterocycles. The lowest BCUT2D eigenvalue weighted by molar-refractivity contribution is 0.674. The van der Waals surface area contributed by atoms with Crippen molar-refractivity contribution in [3.63, 3.8) is 0 Å². The number of nitrogens with zero attached hydrogens (tertiary/aromatic N) is 1. The molecular weight excluding hydrogens is 146 g/mol. The van der Waals surface area contributed by atoms with Gasteiger partial charge >= 0.3 is 0 Å². The van der Waals surface area contributed by atoms with Crippen LogP contribution in [-0.4, -0.2) is 30.6 Å². The molecule has 0 spiro atoms. The monoisotopic (exact) mass is 159 g/mol. The van der Waals surface area contributed by atoms with Crippen molar-refractivity contribution >= 4 is 17.7 Å². The van der Waals surface area contributed by atoms with E-state index in [9.17, 15) is 0 Å². The first kappa shape index (κ1) is 7.72. The van der Waals surface area contributed by atoms with E-state index in [-0.39, 0.29) is 0 Å². The Morgan fingerprint density at radius 2 is 2.60 bits per heavy atom. The quantitative estimate of drug-likeness (QED) is 0.419. The summed E-state index contributed by atoms with van der Waals surface area (Å²) in [6, 6.07) is 0.550. The Hall–Kier alpha value is -0.380. The molecule has 0 aliphatic carbocycles. The molecular formula is C6H13N3S. The van der Waals surface area contributed by atoms with Gasteiger partial charge in [0.1, 0.15) is 0 Å². The number of thioether (sulfide) groups is 1. The maximum Gasteiger partial charge on any atom is 0.188 e. The van der Waals surface area contributed by atoms with Crippen LogP contribution in [0.4, 0.5) is 0 Å². The summed E-state index contributed by atoms with van der Waals surface area (Å²) in [5, 5.41) is 3.14. The Labute approximate surface area is 65.5 Å². The van der Waals surface area contributed by atoms with E-state index in [1.807, 2.05) is 11.8 Å². The third kappa shape index (κ3) is 2.10. The molecule has 0 radical (unpaired) electrons. The normalized spacial score (nSPS) is 26.9. The molecule has 3 N–H and O–H groups in total. The van der Waals surface area contributed by atoms with Crippen LogP contribution in [0.2, 0.25) is 0 Å². The van der Waals surface area contributed by atoms with Gasteiger partial charge in [0.2, 0.25) is 0 Å². The van der Waals surface area contributed by atoms with Gasteiger partial charge in [-0.05, 0) is 12.2 Å². The molecule has 10 heavy (non-hydrogen) atoms. The molecule has 1 heterocycles. The van der Waals surface area contributed by atoms with Gasteiger partial charge in [-0.3, -0.25) is 4.99 Å². The van der Waals surface area contributed by atoms with Crippen LogP contribution in [0.15, 0.2) is 4.99 Å². The second-order valence-electron chi connectivity index (χ2n) is 2.31. The minimum Gasteiger partial charge on any atom is -0.370 e. The van der Waals surface area contributed by atoms with Crippen molar-refractivity contribution in [2.45, 2.75) is 12.5 Å². The molecule has 0 amide bonds. The highest BCUT2D eigenvalue weighted by Gasteiger charge is 2.14. The Bertz CT molecular complexity index is 129. The Kier molecular flexibility index (Phi) is 2.86. The average Bonchev–Trinajstić information content (AvgIpc) is 2.40. The second kappa shape index (κ2) is 3.71. The van der Waals surface area contributed by atoms with Gasteiger partial charge in [-0.25, -0.2) is 0 Å². The van der Waals surface area contributed by atoms with E-state index in [1.54, 1.807) is 7.05 Å². The van der Waals surface area contributed by atoms with Crippen molar-refractivity contribution in [1.82, 2.24) is 5.32 Å². The Morgan fingerprint density at radius 1 is 1.80 bits per heavy atom.